The van der Waals surface area contributed by atoms with Crippen molar-refractivity contribution in [1.82, 2.24) is 0 Å². The highest BCUT2D eigenvalue weighted by molar-refractivity contribution is 6.18. The lowest BCUT2D eigenvalue weighted by Gasteiger charge is -2.09. The van der Waals surface area contributed by atoms with Crippen LogP contribution < -0.4 is 4.74 Å². The maximum Gasteiger partial charge on any atom is 0.119 e. The van der Waals surface area contributed by atoms with Gasteiger partial charge in [0.25, 0.3) is 0 Å². The van der Waals surface area contributed by atoms with Crippen LogP contribution in [0.2, 0.25) is 0 Å². The second-order valence-electron chi connectivity index (χ2n) is 5.49. The van der Waals surface area contributed by atoms with Crippen molar-refractivity contribution in [3.05, 3.63) is 54.1 Å². The van der Waals surface area contributed by atoms with Gasteiger partial charge < -0.3 is 14.9 Å². The summed E-state index contributed by atoms with van der Waals surface area (Å²) in [7, 11) is 0. The Morgan fingerprint density at radius 3 is 1.84 bits per heavy atom. The zero-order chi connectivity index (χ0) is 18.1. The SMILES string of the molecule is OC(CCl)COc1ccc(N=Nc2ccc(CC(O)CCl)cc2)cc1. The van der Waals surface area contributed by atoms with Crippen molar-refractivity contribution >= 4 is 34.6 Å². The normalized spacial score (nSPS) is 13.8. The largest absolute Gasteiger partial charge is 0.491 e. The van der Waals surface area contributed by atoms with Gasteiger partial charge in [0.2, 0.25) is 0 Å². The highest BCUT2D eigenvalue weighted by Gasteiger charge is 2.04. The van der Waals surface area contributed by atoms with Crippen LogP contribution in [0.25, 0.3) is 0 Å². The van der Waals surface area contributed by atoms with Crippen LogP contribution in [0.5, 0.6) is 5.75 Å². The van der Waals surface area contributed by atoms with E-state index in [-0.39, 0.29) is 18.4 Å². The van der Waals surface area contributed by atoms with Gasteiger partial charge in [0.05, 0.1) is 23.4 Å². The number of halogens is 2. The summed E-state index contributed by atoms with van der Waals surface area (Å²) in [5.41, 5.74) is 2.40. The van der Waals surface area contributed by atoms with E-state index in [1.807, 2.05) is 24.3 Å². The second kappa shape index (κ2) is 10.4. The number of benzene rings is 2. The second-order valence-corrected chi connectivity index (χ2v) is 6.11. The molecule has 0 saturated heterocycles. The minimum atomic E-state index is -0.686. The average molecular weight is 383 g/mol. The number of aliphatic hydroxyl groups excluding tert-OH is 2. The lowest BCUT2D eigenvalue weighted by Crippen LogP contribution is -2.18. The number of ether oxygens (including phenoxy) is 1. The Bertz CT molecular complexity index is 663. The molecule has 2 atom stereocenters. The van der Waals surface area contributed by atoms with E-state index in [0.717, 1.165) is 11.3 Å². The minimum Gasteiger partial charge on any atom is -0.491 e. The molecule has 0 spiro atoms. The Morgan fingerprint density at radius 1 is 0.800 bits per heavy atom. The summed E-state index contributed by atoms with van der Waals surface area (Å²) >= 11 is 11.1. The van der Waals surface area contributed by atoms with E-state index in [4.69, 9.17) is 27.9 Å². The van der Waals surface area contributed by atoms with Gasteiger partial charge in [-0.05, 0) is 48.4 Å². The summed E-state index contributed by atoms with van der Waals surface area (Å²) in [6.07, 6.45) is -0.712. The molecule has 0 amide bonds. The Hall–Kier alpha value is -1.66. The minimum absolute atomic E-state index is 0.135. The van der Waals surface area contributed by atoms with Crippen molar-refractivity contribution in [1.29, 1.82) is 0 Å². The van der Waals surface area contributed by atoms with Crippen molar-refractivity contribution in [3.63, 3.8) is 0 Å². The van der Waals surface area contributed by atoms with Crippen LogP contribution in [-0.2, 0) is 6.42 Å². The fourth-order valence-corrected chi connectivity index (χ4v) is 2.18. The summed E-state index contributed by atoms with van der Waals surface area (Å²) in [6, 6.07) is 14.5. The number of aliphatic hydroxyl groups is 2. The molecule has 25 heavy (non-hydrogen) atoms. The average Bonchev–Trinajstić information content (AvgIpc) is 2.66. The molecule has 0 aliphatic carbocycles. The third-order valence-electron chi connectivity index (χ3n) is 3.32. The van der Waals surface area contributed by atoms with Gasteiger partial charge in [-0.2, -0.15) is 10.2 Å². The molecule has 2 rings (SSSR count). The predicted molar refractivity (Wildman–Crippen MR) is 99.7 cm³/mol. The summed E-state index contributed by atoms with van der Waals surface area (Å²) in [5, 5.41) is 27.2. The third-order valence-corrected chi connectivity index (χ3v) is 4.04. The fraction of sp³-hybridized carbons (Fsp3) is 0.333. The van der Waals surface area contributed by atoms with Gasteiger partial charge in [0.15, 0.2) is 0 Å². The molecule has 134 valence electrons. The number of nitrogens with zero attached hydrogens (tertiary/aromatic N) is 2. The quantitative estimate of drug-likeness (QED) is 0.503. The number of alkyl halides is 2. The molecule has 0 bridgehead atoms. The van der Waals surface area contributed by atoms with Crippen LogP contribution in [0.3, 0.4) is 0 Å². The smallest absolute Gasteiger partial charge is 0.119 e. The van der Waals surface area contributed by atoms with Crippen LogP contribution in [0.15, 0.2) is 58.8 Å². The van der Waals surface area contributed by atoms with Gasteiger partial charge in [-0.3, -0.25) is 0 Å². The number of azo groups is 1. The predicted octanol–water partition coefficient (Wildman–Crippen LogP) is 4.22. The first-order chi connectivity index (χ1) is 12.1. The highest BCUT2D eigenvalue weighted by atomic mass is 35.5. The van der Waals surface area contributed by atoms with Crippen LogP contribution in [-0.4, -0.2) is 40.8 Å². The molecule has 5 nitrogen and oxygen atoms in total. The Kier molecular flexibility index (Phi) is 8.15. The summed E-state index contributed by atoms with van der Waals surface area (Å²) in [4.78, 5) is 0. The first kappa shape index (κ1) is 19.7. The molecule has 2 N–H and O–H groups in total. The van der Waals surface area contributed by atoms with Crippen molar-refractivity contribution in [2.45, 2.75) is 18.6 Å². The van der Waals surface area contributed by atoms with Crippen molar-refractivity contribution in [2.24, 2.45) is 10.2 Å². The van der Waals surface area contributed by atoms with E-state index in [2.05, 4.69) is 10.2 Å². The molecule has 0 saturated carbocycles. The summed E-state index contributed by atoms with van der Waals surface area (Å²) in [5.74, 6) is 0.979. The van der Waals surface area contributed by atoms with Crippen molar-refractivity contribution in [3.8, 4) is 5.75 Å². The molecule has 2 aromatic carbocycles. The van der Waals surface area contributed by atoms with E-state index < -0.39 is 12.2 Å². The van der Waals surface area contributed by atoms with Gasteiger partial charge >= 0.3 is 0 Å². The van der Waals surface area contributed by atoms with Crippen LogP contribution in [0.4, 0.5) is 11.4 Å². The zero-order valence-corrected chi connectivity index (χ0v) is 15.1. The van der Waals surface area contributed by atoms with Gasteiger partial charge in [-0.25, -0.2) is 0 Å². The molecule has 0 fully saturated rings. The van der Waals surface area contributed by atoms with Gasteiger partial charge in [-0.1, -0.05) is 12.1 Å². The molecule has 7 heteroatoms. The third kappa shape index (κ3) is 7.00. The van der Waals surface area contributed by atoms with Gasteiger partial charge in [-0.15, -0.1) is 23.2 Å². The van der Waals surface area contributed by atoms with Crippen molar-refractivity contribution in [2.75, 3.05) is 18.4 Å². The lowest BCUT2D eigenvalue weighted by molar-refractivity contribution is 0.125. The Morgan fingerprint density at radius 2 is 1.32 bits per heavy atom. The molecular formula is C18H20Cl2N2O3. The number of hydrogen-bond donors (Lipinski definition) is 2. The monoisotopic (exact) mass is 382 g/mol. The van der Waals surface area contributed by atoms with E-state index in [0.29, 0.717) is 17.9 Å². The Labute approximate surface area is 156 Å². The molecule has 0 aliphatic rings. The van der Waals surface area contributed by atoms with Gasteiger partial charge in [0.1, 0.15) is 18.5 Å². The van der Waals surface area contributed by atoms with E-state index >= 15 is 0 Å². The molecule has 0 aliphatic heterocycles. The van der Waals surface area contributed by atoms with Gasteiger partial charge in [0, 0.05) is 5.88 Å². The maximum atomic E-state index is 9.53. The molecule has 2 unspecified atom stereocenters. The van der Waals surface area contributed by atoms with Crippen molar-refractivity contribution < 1.29 is 14.9 Å². The van der Waals surface area contributed by atoms with Crippen LogP contribution >= 0.6 is 23.2 Å². The first-order valence-electron chi connectivity index (χ1n) is 7.82. The topological polar surface area (TPSA) is 74.4 Å². The highest BCUT2D eigenvalue weighted by Crippen LogP contribution is 2.22. The maximum absolute atomic E-state index is 9.53. The summed E-state index contributed by atoms with van der Waals surface area (Å²) < 4.78 is 5.39. The number of hydrogen-bond acceptors (Lipinski definition) is 5. The molecule has 0 aromatic heterocycles. The first-order valence-corrected chi connectivity index (χ1v) is 8.89. The molecular weight excluding hydrogens is 363 g/mol. The molecule has 0 heterocycles. The van der Waals surface area contributed by atoms with Crippen LogP contribution in [0.1, 0.15) is 5.56 Å². The lowest BCUT2D eigenvalue weighted by atomic mass is 10.1. The zero-order valence-electron chi connectivity index (χ0n) is 13.6. The molecule has 0 radical (unpaired) electrons. The van der Waals surface area contributed by atoms with Crippen LogP contribution in [0, 0.1) is 0 Å². The van der Waals surface area contributed by atoms with E-state index in [9.17, 15) is 10.2 Å². The van der Waals surface area contributed by atoms with E-state index in [1.165, 1.54) is 0 Å². The Balaban J connectivity index is 1.90. The standard InChI is InChI=1S/C18H20Cl2N2O3/c19-10-16(23)9-13-1-3-14(4-2-13)21-22-15-5-7-18(8-6-15)25-12-17(24)11-20/h1-8,16-17,23-24H,9-12H2. The summed E-state index contributed by atoms with van der Waals surface area (Å²) in [6.45, 7) is 0.148. The molecule has 2 aromatic rings. The number of rotatable bonds is 9. The van der Waals surface area contributed by atoms with E-state index in [1.54, 1.807) is 24.3 Å². The fourth-order valence-electron chi connectivity index (χ4n) is 1.99.